The summed E-state index contributed by atoms with van der Waals surface area (Å²) in [6.07, 6.45) is 5.15. The lowest BCUT2D eigenvalue weighted by molar-refractivity contribution is 0.102. The van der Waals surface area contributed by atoms with Crippen molar-refractivity contribution >= 4 is 17.5 Å². The van der Waals surface area contributed by atoms with Crippen molar-refractivity contribution in [2.24, 2.45) is 0 Å². The zero-order valence-corrected chi connectivity index (χ0v) is 11.9. The second kappa shape index (κ2) is 6.32. The van der Waals surface area contributed by atoms with E-state index in [0.717, 1.165) is 5.03 Å². The molecule has 104 valence electrons. The summed E-state index contributed by atoms with van der Waals surface area (Å²) in [7, 11) is 0. The van der Waals surface area contributed by atoms with E-state index in [9.17, 15) is 4.79 Å². The van der Waals surface area contributed by atoms with Crippen LogP contribution >= 0.6 is 11.8 Å². The van der Waals surface area contributed by atoms with Crippen LogP contribution < -0.4 is 0 Å². The van der Waals surface area contributed by atoms with E-state index in [2.05, 4.69) is 15.2 Å². The van der Waals surface area contributed by atoms with Gasteiger partial charge in [0.15, 0.2) is 11.6 Å². The van der Waals surface area contributed by atoms with E-state index in [0.29, 0.717) is 17.1 Å². The summed E-state index contributed by atoms with van der Waals surface area (Å²) < 4.78 is 1.77. The molecule has 6 heteroatoms. The smallest absolute Gasteiger partial charge is 0.173 e. The number of aromatic nitrogens is 4. The fraction of sp³-hybridized carbons (Fsp3) is 0.0667. The number of ketones is 1. The Kier molecular flexibility index (Phi) is 4.07. The lowest BCUT2D eigenvalue weighted by atomic mass is 10.2. The molecule has 3 rings (SSSR count). The van der Waals surface area contributed by atoms with Crippen molar-refractivity contribution in [2.45, 2.75) is 5.03 Å². The number of benzene rings is 1. The first kappa shape index (κ1) is 13.5. The highest BCUT2D eigenvalue weighted by atomic mass is 32.2. The molecule has 0 aliphatic carbocycles. The van der Waals surface area contributed by atoms with Crippen LogP contribution in [0, 0.1) is 0 Å². The lowest BCUT2D eigenvalue weighted by Crippen LogP contribution is -2.03. The first-order chi connectivity index (χ1) is 10.3. The minimum atomic E-state index is 0.0843. The first-order valence-electron chi connectivity index (χ1n) is 6.36. The third kappa shape index (κ3) is 3.35. The average Bonchev–Trinajstić information content (AvgIpc) is 3.08. The van der Waals surface area contributed by atoms with Crippen molar-refractivity contribution < 1.29 is 4.79 Å². The Balaban J connectivity index is 1.62. The van der Waals surface area contributed by atoms with Crippen LogP contribution in [-0.4, -0.2) is 31.3 Å². The van der Waals surface area contributed by atoms with Gasteiger partial charge in [-0.25, -0.2) is 4.98 Å². The summed E-state index contributed by atoms with van der Waals surface area (Å²) in [5, 5.41) is 8.95. The Morgan fingerprint density at radius 2 is 1.95 bits per heavy atom. The standard InChI is InChI=1S/C15H12N4OS/c20-13(12-4-2-1-3-5-12)10-21-15-7-6-14(17-18-15)19-9-8-16-11-19/h1-9,11H,10H2. The number of carbonyl (C=O) groups excluding carboxylic acids is 1. The highest BCUT2D eigenvalue weighted by molar-refractivity contribution is 7.99. The minimum Gasteiger partial charge on any atom is -0.293 e. The predicted octanol–water partition coefficient (Wildman–Crippen LogP) is 2.64. The van der Waals surface area contributed by atoms with Gasteiger partial charge in [-0.15, -0.1) is 10.2 Å². The maximum Gasteiger partial charge on any atom is 0.173 e. The van der Waals surface area contributed by atoms with Gasteiger partial charge in [-0.05, 0) is 12.1 Å². The fourth-order valence-corrected chi connectivity index (χ4v) is 2.48. The molecule has 2 heterocycles. The third-order valence-electron chi connectivity index (χ3n) is 2.84. The monoisotopic (exact) mass is 296 g/mol. The normalized spacial score (nSPS) is 10.5. The SMILES string of the molecule is O=C(CSc1ccc(-n2ccnc2)nn1)c1ccccc1. The molecule has 0 N–H and O–H groups in total. The molecule has 0 aliphatic rings. The second-order valence-corrected chi connectivity index (χ2v) is 5.27. The molecule has 0 saturated heterocycles. The van der Waals surface area contributed by atoms with Gasteiger partial charge in [-0.3, -0.25) is 9.36 Å². The van der Waals surface area contributed by atoms with Crippen LogP contribution in [-0.2, 0) is 0 Å². The molecule has 0 unspecified atom stereocenters. The topological polar surface area (TPSA) is 60.7 Å². The van der Waals surface area contributed by atoms with Crippen LogP contribution in [0.4, 0.5) is 0 Å². The molecule has 0 bridgehead atoms. The summed E-state index contributed by atoms with van der Waals surface area (Å²) >= 11 is 1.38. The average molecular weight is 296 g/mol. The highest BCUT2D eigenvalue weighted by Gasteiger charge is 2.07. The van der Waals surface area contributed by atoms with Crippen molar-refractivity contribution in [2.75, 3.05) is 5.75 Å². The highest BCUT2D eigenvalue weighted by Crippen LogP contribution is 2.17. The predicted molar refractivity (Wildman–Crippen MR) is 80.7 cm³/mol. The van der Waals surface area contributed by atoms with Crippen molar-refractivity contribution in [1.82, 2.24) is 19.7 Å². The Morgan fingerprint density at radius 3 is 2.62 bits per heavy atom. The minimum absolute atomic E-state index is 0.0843. The van der Waals surface area contributed by atoms with Crippen LogP contribution in [0.15, 0.2) is 66.2 Å². The molecule has 0 spiro atoms. The van der Waals surface area contributed by atoms with E-state index < -0.39 is 0 Å². The van der Waals surface area contributed by atoms with Crippen LogP contribution in [0.1, 0.15) is 10.4 Å². The van der Waals surface area contributed by atoms with E-state index in [1.807, 2.05) is 42.5 Å². The number of hydrogen-bond acceptors (Lipinski definition) is 5. The molecule has 0 saturated carbocycles. The number of nitrogens with zero attached hydrogens (tertiary/aromatic N) is 4. The van der Waals surface area contributed by atoms with E-state index >= 15 is 0 Å². The molecule has 21 heavy (non-hydrogen) atoms. The van der Waals surface area contributed by atoms with Gasteiger partial charge in [0, 0.05) is 18.0 Å². The summed E-state index contributed by atoms with van der Waals surface area (Å²) in [4.78, 5) is 15.9. The molecule has 5 nitrogen and oxygen atoms in total. The van der Waals surface area contributed by atoms with Gasteiger partial charge in [0.05, 0.1) is 5.75 Å². The van der Waals surface area contributed by atoms with Crippen molar-refractivity contribution in [3.8, 4) is 5.82 Å². The number of Topliss-reactive ketones (excluding diaryl/α,β-unsaturated/α-hetero) is 1. The summed E-state index contributed by atoms with van der Waals surface area (Å²) in [6.45, 7) is 0. The molecular formula is C15H12N4OS. The molecule has 0 fully saturated rings. The van der Waals surface area contributed by atoms with Crippen molar-refractivity contribution in [1.29, 1.82) is 0 Å². The van der Waals surface area contributed by atoms with Crippen LogP contribution in [0.25, 0.3) is 5.82 Å². The van der Waals surface area contributed by atoms with E-state index in [-0.39, 0.29) is 5.78 Å². The van der Waals surface area contributed by atoms with Gasteiger partial charge in [0.2, 0.25) is 0 Å². The summed E-state index contributed by atoms with van der Waals surface area (Å²) in [5.74, 6) is 1.13. The first-order valence-corrected chi connectivity index (χ1v) is 7.34. The second-order valence-electron chi connectivity index (χ2n) is 4.28. The lowest BCUT2D eigenvalue weighted by Gasteiger charge is -2.02. The van der Waals surface area contributed by atoms with E-state index in [1.54, 1.807) is 23.3 Å². The molecule has 2 aromatic heterocycles. The van der Waals surface area contributed by atoms with Crippen molar-refractivity contribution in [3.63, 3.8) is 0 Å². The maximum absolute atomic E-state index is 12.0. The van der Waals surface area contributed by atoms with E-state index in [4.69, 9.17) is 0 Å². The number of rotatable bonds is 5. The Hall–Kier alpha value is -2.47. The number of hydrogen-bond donors (Lipinski definition) is 0. The molecule has 0 radical (unpaired) electrons. The quantitative estimate of drug-likeness (QED) is 0.535. The summed E-state index contributed by atoms with van der Waals surface area (Å²) in [5.41, 5.74) is 0.716. The van der Waals surface area contributed by atoms with Gasteiger partial charge in [-0.2, -0.15) is 0 Å². The fourth-order valence-electron chi connectivity index (χ4n) is 1.77. The Morgan fingerprint density at radius 1 is 1.10 bits per heavy atom. The van der Waals surface area contributed by atoms with Crippen LogP contribution in [0.3, 0.4) is 0 Å². The van der Waals surface area contributed by atoms with Gasteiger partial charge in [0.25, 0.3) is 0 Å². The van der Waals surface area contributed by atoms with Gasteiger partial charge in [-0.1, -0.05) is 42.1 Å². The number of imidazole rings is 1. The van der Waals surface area contributed by atoms with Crippen LogP contribution in [0.5, 0.6) is 0 Å². The zero-order valence-electron chi connectivity index (χ0n) is 11.1. The van der Waals surface area contributed by atoms with Crippen molar-refractivity contribution in [3.05, 3.63) is 66.7 Å². The summed E-state index contributed by atoms with van der Waals surface area (Å²) in [6, 6.07) is 12.9. The van der Waals surface area contributed by atoms with E-state index in [1.165, 1.54) is 11.8 Å². The van der Waals surface area contributed by atoms with Gasteiger partial charge < -0.3 is 0 Å². The molecule has 3 aromatic rings. The molecule has 0 aliphatic heterocycles. The third-order valence-corrected chi connectivity index (χ3v) is 3.76. The van der Waals surface area contributed by atoms with Gasteiger partial charge >= 0.3 is 0 Å². The number of thioether (sulfide) groups is 1. The number of carbonyl (C=O) groups is 1. The molecule has 0 atom stereocenters. The molecule has 1 aromatic carbocycles. The maximum atomic E-state index is 12.0. The zero-order chi connectivity index (χ0) is 14.5. The van der Waals surface area contributed by atoms with Crippen LogP contribution in [0.2, 0.25) is 0 Å². The molecular weight excluding hydrogens is 284 g/mol. The van der Waals surface area contributed by atoms with Gasteiger partial charge in [0.1, 0.15) is 11.4 Å². The Bertz CT molecular complexity index is 711. The largest absolute Gasteiger partial charge is 0.293 e. The molecule has 0 amide bonds. The Labute approximate surface area is 126 Å².